The quantitative estimate of drug-likeness (QED) is 0.409. The lowest BCUT2D eigenvalue weighted by atomic mass is 9.89. The van der Waals surface area contributed by atoms with Gasteiger partial charge in [-0.3, -0.25) is 9.59 Å². The van der Waals surface area contributed by atoms with Crippen LogP contribution in [0, 0.1) is 6.92 Å². The number of rotatable bonds is 3. The summed E-state index contributed by atoms with van der Waals surface area (Å²) in [4.78, 5) is 24.8. The van der Waals surface area contributed by atoms with Crippen molar-refractivity contribution in [2.75, 3.05) is 6.61 Å². The summed E-state index contributed by atoms with van der Waals surface area (Å²) < 4.78 is 5.24. The van der Waals surface area contributed by atoms with Crippen molar-refractivity contribution >= 4 is 17.8 Å². The number of aliphatic hydroxyl groups is 4. The van der Waals surface area contributed by atoms with Crippen LogP contribution in [0.4, 0.5) is 0 Å². The molecule has 1 aromatic carbocycles. The molecule has 8 nitrogen and oxygen atoms in total. The molecule has 1 saturated heterocycles. The van der Waals surface area contributed by atoms with Gasteiger partial charge < -0.3 is 30.5 Å². The minimum atomic E-state index is -1.61. The van der Waals surface area contributed by atoms with Gasteiger partial charge in [0.1, 0.15) is 24.4 Å². The van der Waals surface area contributed by atoms with Crippen molar-refractivity contribution in [3.8, 4) is 0 Å². The fourth-order valence-electron chi connectivity index (χ4n) is 3.13. The van der Waals surface area contributed by atoms with Crippen LogP contribution in [0.25, 0.3) is 6.08 Å². The van der Waals surface area contributed by atoms with E-state index in [4.69, 9.17) is 4.74 Å². The summed E-state index contributed by atoms with van der Waals surface area (Å²) in [5.41, 5.74) is 2.50. The van der Waals surface area contributed by atoms with E-state index in [0.29, 0.717) is 0 Å². The first-order chi connectivity index (χ1) is 12.3. The maximum atomic E-state index is 12.5. The number of aryl methyl sites for hydroxylation is 1. The summed E-state index contributed by atoms with van der Waals surface area (Å²) in [5, 5.41) is 41.1. The Bertz CT molecular complexity index is 758. The van der Waals surface area contributed by atoms with Crippen LogP contribution in [0.15, 0.2) is 23.8 Å². The summed E-state index contributed by atoms with van der Waals surface area (Å²) in [6, 6.07) is 5.59. The Hall–Kier alpha value is -2.10. The van der Waals surface area contributed by atoms with Crippen LogP contribution < -0.4 is 5.32 Å². The molecule has 2 aliphatic rings. The van der Waals surface area contributed by atoms with Crippen LogP contribution in [-0.2, 0) is 20.7 Å². The summed E-state index contributed by atoms with van der Waals surface area (Å²) in [7, 11) is 0. The predicted molar refractivity (Wildman–Crippen MR) is 89.8 cm³/mol. The van der Waals surface area contributed by atoms with Gasteiger partial charge in [-0.15, -0.1) is 0 Å². The molecule has 8 heteroatoms. The molecular weight excluding hydrogens is 342 g/mol. The number of benzene rings is 1. The first kappa shape index (κ1) is 18.7. The highest BCUT2D eigenvalue weighted by atomic mass is 16.6. The zero-order valence-corrected chi connectivity index (χ0v) is 14.1. The Morgan fingerprint density at radius 2 is 1.96 bits per heavy atom. The van der Waals surface area contributed by atoms with Crippen molar-refractivity contribution in [3.05, 3.63) is 40.5 Å². The number of nitrogens with one attached hydrogen (secondary N) is 1. The summed E-state index contributed by atoms with van der Waals surface area (Å²) >= 11 is 0. The lowest BCUT2D eigenvalue weighted by Gasteiger charge is -2.40. The second-order valence-electron chi connectivity index (χ2n) is 6.58. The van der Waals surface area contributed by atoms with E-state index < -0.39 is 43.2 Å². The lowest BCUT2D eigenvalue weighted by molar-refractivity contribution is -0.235. The molecule has 5 atom stereocenters. The normalized spacial score (nSPS) is 31.2. The average Bonchev–Trinajstić information content (AvgIpc) is 2.61. The van der Waals surface area contributed by atoms with Crippen LogP contribution in [0.2, 0.25) is 0 Å². The SMILES string of the molecule is Cc1ccc2c(c1)C=C(C(=O)N[C@@H]1O[C@H](CO)[C@@H](O)[C@H](O)[C@H]1O)C(=O)C2. The van der Waals surface area contributed by atoms with Gasteiger partial charge in [0.25, 0.3) is 5.91 Å². The number of fused-ring (bicyclic) bond motifs is 1. The fraction of sp³-hybridized carbons (Fsp3) is 0.444. The Morgan fingerprint density at radius 3 is 2.65 bits per heavy atom. The Labute approximate surface area is 149 Å². The van der Waals surface area contributed by atoms with Gasteiger partial charge in [-0.05, 0) is 24.1 Å². The molecular formula is C18H21NO7. The minimum Gasteiger partial charge on any atom is -0.394 e. The Morgan fingerprint density at radius 1 is 1.23 bits per heavy atom. The third-order valence-electron chi connectivity index (χ3n) is 4.66. The van der Waals surface area contributed by atoms with E-state index in [-0.39, 0.29) is 17.8 Å². The van der Waals surface area contributed by atoms with Gasteiger partial charge >= 0.3 is 0 Å². The Balaban J connectivity index is 1.80. The highest BCUT2D eigenvalue weighted by molar-refractivity contribution is 6.24. The molecule has 1 aliphatic carbocycles. The number of carbonyl (C=O) groups is 2. The largest absolute Gasteiger partial charge is 0.394 e. The summed E-state index contributed by atoms with van der Waals surface area (Å²) in [5.74, 6) is -1.13. The van der Waals surface area contributed by atoms with Gasteiger partial charge in [0, 0.05) is 6.42 Å². The van der Waals surface area contributed by atoms with Crippen LogP contribution in [0.5, 0.6) is 0 Å². The standard InChI is InChI=1S/C18H21NO7/c1-8-2-3-9-6-12(21)11(5-10(9)4-8)17(25)19-18-16(24)15(23)14(22)13(7-20)26-18/h2-5,13-16,18,20,22-24H,6-7H2,1H3,(H,19,25)/t13-,14-,15+,16-,18-/m1/s1. The van der Waals surface area contributed by atoms with E-state index in [1.807, 2.05) is 25.1 Å². The number of aliphatic hydroxyl groups excluding tert-OH is 4. The highest BCUT2D eigenvalue weighted by Crippen LogP contribution is 2.24. The first-order valence-corrected chi connectivity index (χ1v) is 8.27. The molecule has 0 saturated carbocycles. The van der Waals surface area contributed by atoms with E-state index in [1.165, 1.54) is 6.08 Å². The molecule has 1 fully saturated rings. The molecule has 0 bridgehead atoms. The molecule has 26 heavy (non-hydrogen) atoms. The number of Topliss-reactive ketones (excluding diaryl/α,β-unsaturated/α-hetero) is 1. The molecule has 5 N–H and O–H groups in total. The van der Waals surface area contributed by atoms with Gasteiger partial charge in [0.05, 0.1) is 12.2 Å². The van der Waals surface area contributed by atoms with Crippen molar-refractivity contribution in [3.63, 3.8) is 0 Å². The number of hydrogen-bond acceptors (Lipinski definition) is 7. The maximum Gasteiger partial charge on any atom is 0.256 e. The highest BCUT2D eigenvalue weighted by Gasteiger charge is 2.44. The summed E-state index contributed by atoms with van der Waals surface area (Å²) in [6.07, 6.45) is -5.68. The molecule has 1 heterocycles. The molecule has 1 amide bonds. The minimum absolute atomic E-state index is 0.0833. The summed E-state index contributed by atoms with van der Waals surface area (Å²) in [6.45, 7) is 1.30. The van der Waals surface area contributed by atoms with Gasteiger partial charge in [-0.25, -0.2) is 0 Å². The smallest absolute Gasteiger partial charge is 0.256 e. The van der Waals surface area contributed by atoms with E-state index in [0.717, 1.165) is 16.7 Å². The third-order valence-corrected chi connectivity index (χ3v) is 4.66. The Kier molecular flexibility index (Phi) is 5.22. The number of ether oxygens (including phenoxy) is 1. The monoisotopic (exact) mass is 363 g/mol. The van der Waals surface area contributed by atoms with Crippen LogP contribution >= 0.6 is 0 Å². The van der Waals surface area contributed by atoms with Crippen molar-refractivity contribution in [1.82, 2.24) is 5.32 Å². The zero-order valence-electron chi connectivity index (χ0n) is 14.1. The van der Waals surface area contributed by atoms with Gasteiger partial charge in [0.2, 0.25) is 0 Å². The number of ketones is 1. The number of hydrogen-bond donors (Lipinski definition) is 5. The number of carbonyl (C=O) groups excluding carboxylic acids is 2. The van der Waals surface area contributed by atoms with E-state index in [2.05, 4.69) is 5.32 Å². The molecule has 1 aliphatic heterocycles. The number of amides is 1. The zero-order chi connectivity index (χ0) is 19.0. The molecule has 0 radical (unpaired) electrons. The predicted octanol–water partition coefficient (Wildman–Crippen LogP) is -1.58. The molecule has 140 valence electrons. The van der Waals surface area contributed by atoms with E-state index in [1.54, 1.807) is 0 Å². The van der Waals surface area contributed by atoms with E-state index >= 15 is 0 Å². The van der Waals surface area contributed by atoms with Crippen molar-refractivity contribution in [2.45, 2.75) is 44.0 Å². The van der Waals surface area contributed by atoms with Gasteiger partial charge in [-0.1, -0.05) is 23.8 Å². The van der Waals surface area contributed by atoms with Crippen molar-refractivity contribution in [2.24, 2.45) is 0 Å². The second kappa shape index (κ2) is 7.26. The molecule has 3 rings (SSSR count). The third kappa shape index (κ3) is 3.42. The molecule has 0 spiro atoms. The molecule has 0 aromatic heterocycles. The molecule has 1 aromatic rings. The van der Waals surface area contributed by atoms with Crippen molar-refractivity contribution in [1.29, 1.82) is 0 Å². The topological polar surface area (TPSA) is 136 Å². The van der Waals surface area contributed by atoms with Gasteiger partial charge in [0.15, 0.2) is 12.0 Å². The molecule has 0 unspecified atom stereocenters. The van der Waals surface area contributed by atoms with E-state index in [9.17, 15) is 30.0 Å². The maximum absolute atomic E-state index is 12.5. The van der Waals surface area contributed by atoms with Crippen LogP contribution in [-0.4, -0.2) is 69.4 Å². The van der Waals surface area contributed by atoms with Crippen molar-refractivity contribution < 1.29 is 34.8 Å². The fourth-order valence-corrected chi connectivity index (χ4v) is 3.13. The van der Waals surface area contributed by atoms with Crippen LogP contribution in [0.3, 0.4) is 0 Å². The first-order valence-electron chi connectivity index (χ1n) is 8.27. The van der Waals surface area contributed by atoms with Gasteiger partial charge in [-0.2, -0.15) is 0 Å². The van der Waals surface area contributed by atoms with Crippen LogP contribution in [0.1, 0.15) is 16.7 Å². The second-order valence-corrected chi connectivity index (χ2v) is 6.58. The average molecular weight is 363 g/mol. The lowest BCUT2D eigenvalue weighted by Crippen LogP contribution is -2.63.